The first-order valence-electron chi connectivity index (χ1n) is 44.8. The van der Waals surface area contributed by atoms with Crippen LogP contribution in [0.1, 0.15) is 231 Å². The lowest BCUT2D eigenvalue weighted by Gasteiger charge is -2.34. The van der Waals surface area contributed by atoms with Crippen molar-refractivity contribution >= 4 is 46.9 Å². The molecule has 0 saturated heterocycles. The molecule has 1 spiro atoms. The molecule has 4 aromatic carbocycles. The molecule has 25 rings (SSSR count). The predicted molar refractivity (Wildman–Crippen MR) is 502 cm³/mol. The van der Waals surface area contributed by atoms with E-state index in [1.807, 2.05) is 210 Å². The molecule has 12 aromatic heterocycles. The molecule has 1 aliphatic carbocycles. The Morgan fingerprint density at radius 2 is 0.699 bits per heavy atom. The molecule has 0 bridgehead atoms. The minimum absolute atomic E-state index is 0. The number of pyridine rings is 4. The number of hydrogen-bond acceptors (Lipinski definition) is 19. The summed E-state index contributed by atoms with van der Waals surface area (Å²) < 4.78 is 35.6. The summed E-state index contributed by atoms with van der Waals surface area (Å²) in [5, 5.41) is 0. The SMILES string of the molecule is C.CC(C)n1ccnc1-c1cccc(N2Cc3cc4c(cc3C2=O)-n2cncc2C(C)(C)O4)n1.CC(C)n1ccnc1-c1cccc(N2Cc3cc4c(cc3C2=O)-n2cncc2C2(CC2)O4)n1.Cc1ncn2c1C(C)(C)Oc1cc3c(cc1-2)C(=O)N(c1cccc(-c2nccn2C(C)C)n1)C3.Cc1ncn2c1CCc1cc3c(cc1-2)C(=O)N(c1cccc(-c2nccn2C(C)C)n1)C3. The van der Waals surface area contributed by atoms with Crippen molar-refractivity contribution in [1.82, 2.24) is 96.3 Å². The van der Waals surface area contributed by atoms with Gasteiger partial charge in [-0.3, -0.25) is 52.5 Å². The molecule has 4 amide bonds. The lowest BCUT2D eigenvalue weighted by Crippen LogP contribution is -2.33. The van der Waals surface area contributed by atoms with E-state index in [0.717, 1.165) is 168 Å². The molecular weight excluding hydrogens is 1670 g/mol. The van der Waals surface area contributed by atoms with Gasteiger partial charge in [0.1, 0.15) is 74.5 Å². The highest BCUT2D eigenvalue weighted by molar-refractivity contribution is 6.13. The van der Waals surface area contributed by atoms with E-state index in [1.165, 1.54) is 11.3 Å². The number of imidazole rings is 8. The number of amides is 4. The van der Waals surface area contributed by atoms with Crippen molar-refractivity contribution in [2.45, 2.75) is 197 Å². The van der Waals surface area contributed by atoms with Gasteiger partial charge < -0.3 is 37.0 Å². The summed E-state index contributed by atoms with van der Waals surface area (Å²) in [7, 11) is 0. The lowest BCUT2D eigenvalue weighted by molar-refractivity contribution is 0.0913. The van der Waals surface area contributed by atoms with Crippen LogP contribution in [0, 0.1) is 13.8 Å². The summed E-state index contributed by atoms with van der Waals surface area (Å²) in [4.78, 5) is 116. The molecule has 16 aromatic rings. The van der Waals surface area contributed by atoms with Gasteiger partial charge in [0.05, 0.1) is 115 Å². The van der Waals surface area contributed by atoms with E-state index in [2.05, 4.69) is 129 Å². The molecule has 0 atom stereocenters. The molecule has 20 heterocycles. The second-order valence-electron chi connectivity index (χ2n) is 37.0. The zero-order valence-electron chi connectivity index (χ0n) is 75.7. The molecule has 9 aliphatic rings. The number of ether oxygens (including phenoxy) is 3. The average Bonchev–Trinajstić information content (AvgIpc) is 1.56. The lowest BCUT2D eigenvalue weighted by atomic mass is 9.96. The van der Waals surface area contributed by atoms with Crippen LogP contribution < -0.4 is 33.8 Å². The Balaban J connectivity index is 0.000000106. The predicted octanol–water partition coefficient (Wildman–Crippen LogP) is 18.5. The number of rotatable bonds is 12. The third-order valence-electron chi connectivity index (χ3n) is 26.3. The van der Waals surface area contributed by atoms with Gasteiger partial charge in [-0.1, -0.05) is 37.8 Å². The fraction of sp³-hybridized carbons (Fsp3) is 0.294. The normalized spacial score (nSPS) is 15.8. The molecular formula is C102H100N24O7. The Morgan fingerprint density at radius 1 is 0.353 bits per heavy atom. The standard InChI is InChI=1S/C26H26N6O2.C25H22N6O2.C25H24N6O2.C25H24N6O.CH4/c1-15(2)30-10-9-27-24(30)19-7-6-8-22(29-19)31-13-17-11-21-20(12-18(17)25(31)33)32-14-28-16(3)23(32)26(4,5)34-21;1-15(2)29-9-8-27-23(29)18-4-3-5-22(28-18)30-13-16-10-20-19(11-17(16)24(30)32)31-14-26-12-21(31)25(33-20)6-7-25;1-15(2)29-9-8-27-23(29)18-6-5-7-22(28-18)30-13-16-10-20-19(11-17(16)24(30)32)31-14-26-12-21(31)25(3,4)33-20;1-15(2)29-10-9-26-24(29)20-5-4-6-23(28-20)30-13-18-11-17-7-8-21-16(3)27-14-31(21)22(17)12-19(18)25(30)32;/h6-12,14-15H,13H2,1-5H3;3-5,8-12,14-15H,6-7,13H2,1-2H3;5-12,14-15H,13H2,1-4H3;4-6,9-12,14-15H,7-8,13H2,1-3H3;1H4. The smallest absolute Gasteiger partial charge is 0.260 e. The molecule has 1 saturated carbocycles. The van der Waals surface area contributed by atoms with E-state index < -0.39 is 11.2 Å². The quantitative estimate of drug-likeness (QED) is 0.110. The molecule has 31 heteroatoms. The van der Waals surface area contributed by atoms with E-state index in [1.54, 1.807) is 63.2 Å². The van der Waals surface area contributed by atoms with Gasteiger partial charge in [0.2, 0.25) is 0 Å². The minimum Gasteiger partial charge on any atom is -0.479 e. The molecule has 0 radical (unpaired) electrons. The first-order chi connectivity index (χ1) is 63.6. The van der Waals surface area contributed by atoms with E-state index in [0.29, 0.717) is 66.1 Å². The molecule has 8 aliphatic heterocycles. The highest BCUT2D eigenvalue weighted by Gasteiger charge is 2.53. The second-order valence-corrected chi connectivity index (χ2v) is 37.0. The molecule has 670 valence electrons. The molecule has 1 fully saturated rings. The number of aromatic nitrogens is 20. The van der Waals surface area contributed by atoms with Crippen molar-refractivity contribution in [3.63, 3.8) is 0 Å². The van der Waals surface area contributed by atoms with Crippen molar-refractivity contribution in [2.24, 2.45) is 0 Å². The zero-order valence-corrected chi connectivity index (χ0v) is 75.7. The number of aryl methyl sites for hydroxylation is 3. The Bertz CT molecular complexity index is 7230. The van der Waals surface area contributed by atoms with E-state index >= 15 is 0 Å². The van der Waals surface area contributed by atoms with Gasteiger partial charge in [-0.05, 0) is 241 Å². The van der Waals surface area contributed by atoms with Crippen molar-refractivity contribution in [3.05, 3.63) is 293 Å². The number of nitrogens with zero attached hydrogens (tertiary/aromatic N) is 24. The van der Waals surface area contributed by atoms with Gasteiger partial charge >= 0.3 is 0 Å². The fourth-order valence-electron chi connectivity index (χ4n) is 19.6. The summed E-state index contributed by atoms with van der Waals surface area (Å²) in [5.41, 5.74) is 19.4. The topological polar surface area (TPSA) is 303 Å². The van der Waals surface area contributed by atoms with Crippen LogP contribution in [0.2, 0.25) is 0 Å². The largest absolute Gasteiger partial charge is 0.479 e. The number of fused-ring (bicyclic) bond motifs is 17. The van der Waals surface area contributed by atoms with Gasteiger partial charge in [0.25, 0.3) is 23.6 Å². The van der Waals surface area contributed by atoms with Crippen LogP contribution >= 0.6 is 0 Å². The maximum Gasteiger partial charge on any atom is 0.260 e. The van der Waals surface area contributed by atoms with E-state index in [-0.39, 0.29) is 60.8 Å². The third kappa shape index (κ3) is 14.1. The number of hydrogen-bond donors (Lipinski definition) is 0. The summed E-state index contributed by atoms with van der Waals surface area (Å²) in [5.74, 6) is 7.76. The first-order valence-corrected chi connectivity index (χ1v) is 44.8. The van der Waals surface area contributed by atoms with Crippen LogP contribution in [0.15, 0.2) is 209 Å². The summed E-state index contributed by atoms with van der Waals surface area (Å²) in [6, 6.07) is 40.0. The summed E-state index contributed by atoms with van der Waals surface area (Å²) >= 11 is 0. The monoisotopic (exact) mass is 1770 g/mol. The van der Waals surface area contributed by atoms with Crippen LogP contribution in [0.4, 0.5) is 23.3 Å². The second kappa shape index (κ2) is 31.6. The van der Waals surface area contributed by atoms with Crippen LogP contribution in [-0.4, -0.2) is 120 Å². The van der Waals surface area contributed by atoms with Gasteiger partial charge in [0, 0.05) is 102 Å². The number of carbonyl (C=O) groups excluding carboxylic acids is 4. The maximum atomic E-state index is 13.5. The van der Waals surface area contributed by atoms with Crippen LogP contribution in [0.5, 0.6) is 17.2 Å². The minimum atomic E-state index is -0.516. The average molecular weight is 1770 g/mol. The summed E-state index contributed by atoms with van der Waals surface area (Å²) in [6.07, 6.45) is 29.8. The maximum absolute atomic E-state index is 13.5. The van der Waals surface area contributed by atoms with Gasteiger partial charge in [-0.2, -0.15) is 0 Å². The Hall–Kier alpha value is -15.6. The fourth-order valence-corrected chi connectivity index (χ4v) is 19.6. The van der Waals surface area contributed by atoms with Crippen molar-refractivity contribution < 1.29 is 33.4 Å². The van der Waals surface area contributed by atoms with Gasteiger partial charge in [-0.15, -0.1) is 0 Å². The van der Waals surface area contributed by atoms with Crippen LogP contribution in [0.25, 0.3) is 68.8 Å². The van der Waals surface area contributed by atoms with Gasteiger partial charge in [-0.25, -0.2) is 59.8 Å². The molecule has 31 nitrogen and oxygen atoms in total. The van der Waals surface area contributed by atoms with E-state index in [9.17, 15) is 19.2 Å². The Kier molecular flexibility index (Phi) is 20.1. The Morgan fingerprint density at radius 3 is 1.10 bits per heavy atom. The third-order valence-corrected chi connectivity index (χ3v) is 26.3. The van der Waals surface area contributed by atoms with Gasteiger partial charge in [0.15, 0.2) is 28.9 Å². The first kappa shape index (κ1) is 84.3. The van der Waals surface area contributed by atoms with Crippen LogP contribution in [0.3, 0.4) is 0 Å². The number of anilines is 4. The highest BCUT2D eigenvalue weighted by atomic mass is 16.5. The molecule has 133 heavy (non-hydrogen) atoms. The zero-order chi connectivity index (χ0) is 91.0. The number of carbonyl (C=O) groups is 4. The van der Waals surface area contributed by atoms with Crippen molar-refractivity contribution in [3.8, 4) is 86.1 Å². The summed E-state index contributed by atoms with van der Waals surface area (Å²) in [6.45, 7) is 30.9. The molecule has 0 unspecified atom stereocenters. The van der Waals surface area contributed by atoms with Crippen molar-refractivity contribution in [1.29, 1.82) is 0 Å². The van der Waals surface area contributed by atoms with Crippen molar-refractivity contribution in [2.75, 3.05) is 19.6 Å². The van der Waals surface area contributed by atoms with Crippen LogP contribution in [-0.2, 0) is 55.8 Å². The highest BCUT2D eigenvalue weighted by Crippen LogP contribution is 2.55. The Labute approximate surface area is 768 Å². The number of benzene rings is 4. The van der Waals surface area contributed by atoms with E-state index in [4.69, 9.17) is 34.1 Å². The molecule has 0 N–H and O–H groups in total.